The second kappa shape index (κ2) is 13.7. The van der Waals surface area contributed by atoms with Crippen molar-refractivity contribution >= 4 is 17.6 Å². The number of rotatable bonds is 8. The topological polar surface area (TPSA) is 214 Å². The van der Waals surface area contributed by atoms with Crippen LogP contribution in [0.2, 0.25) is 0 Å². The molecule has 3 aromatic rings. The molecule has 10 atom stereocenters. The van der Waals surface area contributed by atoms with Crippen LogP contribution < -0.4 is 4.90 Å². The summed E-state index contributed by atoms with van der Waals surface area (Å²) in [6, 6.07) is -1.05. The highest BCUT2D eigenvalue weighted by molar-refractivity contribution is 8.00. The second-order valence-electron chi connectivity index (χ2n) is 11.0. The summed E-state index contributed by atoms with van der Waals surface area (Å²) < 4.78 is 60.3. The van der Waals surface area contributed by atoms with Crippen LogP contribution in [0.5, 0.6) is 0 Å². The largest absolute Gasteiger partial charge is 0.394 e. The van der Waals surface area contributed by atoms with Gasteiger partial charge in [-0.3, -0.25) is 0 Å². The van der Waals surface area contributed by atoms with Crippen LogP contribution in [0, 0.1) is 17.5 Å². The zero-order valence-electron chi connectivity index (χ0n) is 23.9. The number of morpholine rings is 1. The van der Waals surface area contributed by atoms with E-state index in [1.807, 2.05) is 4.90 Å². The van der Waals surface area contributed by atoms with Crippen molar-refractivity contribution in [2.75, 3.05) is 44.4 Å². The summed E-state index contributed by atoms with van der Waals surface area (Å²) in [5, 5.41) is 80.6. The summed E-state index contributed by atoms with van der Waals surface area (Å²) in [4.78, 5) is 1.92. The predicted octanol–water partition coefficient (Wildman–Crippen LogP) is -1.82. The maximum atomic E-state index is 13.8. The minimum atomic E-state index is -1.66. The Morgan fingerprint density at radius 3 is 1.83 bits per heavy atom. The van der Waals surface area contributed by atoms with Crippen molar-refractivity contribution in [3.8, 4) is 11.3 Å². The molecule has 3 aliphatic rings. The van der Waals surface area contributed by atoms with Crippen molar-refractivity contribution in [3.05, 3.63) is 42.0 Å². The molecular weight excluding hydrogens is 643 g/mol. The van der Waals surface area contributed by atoms with Gasteiger partial charge in [-0.05, 0) is 12.1 Å². The number of halogens is 3. The Balaban J connectivity index is 1.24. The van der Waals surface area contributed by atoms with Crippen molar-refractivity contribution in [2.24, 2.45) is 0 Å². The van der Waals surface area contributed by atoms with Gasteiger partial charge in [0.15, 0.2) is 23.3 Å². The van der Waals surface area contributed by atoms with Gasteiger partial charge in [0, 0.05) is 18.7 Å². The lowest BCUT2D eigenvalue weighted by molar-refractivity contribution is -0.189. The van der Waals surface area contributed by atoms with Crippen LogP contribution in [0.25, 0.3) is 11.3 Å². The molecule has 2 aromatic heterocycles. The van der Waals surface area contributed by atoms with E-state index in [2.05, 4.69) is 20.6 Å². The average Bonchev–Trinajstić information content (AvgIpc) is 3.74. The first kappa shape index (κ1) is 33.0. The fourth-order valence-electron chi connectivity index (χ4n) is 5.73. The molecule has 3 saturated heterocycles. The number of aliphatic hydroxyl groups excluding tert-OH is 6. The number of hydrogen-bond donors (Lipinski definition) is 6. The van der Waals surface area contributed by atoms with Crippen LogP contribution in [0.3, 0.4) is 0 Å². The summed E-state index contributed by atoms with van der Waals surface area (Å²) in [6.45, 7) is 0.789. The Labute approximate surface area is 262 Å². The molecule has 3 fully saturated rings. The molecule has 0 radical (unpaired) electrons. The van der Waals surface area contributed by atoms with Crippen LogP contribution in [-0.2, 0) is 14.2 Å². The maximum Gasteiger partial charge on any atom is 0.194 e. The Bertz CT molecular complexity index is 1480. The van der Waals surface area contributed by atoms with Crippen LogP contribution in [0.4, 0.5) is 19.0 Å². The molecule has 0 saturated carbocycles. The first-order valence-electron chi connectivity index (χ1n) is 14.3. The molecule has 0 amide bonds. The standard InChI is InChI=1S/C26H32F3N7O9S/c27-12-5-11(6-13(28)18(12)29)14-7-35(32-30-14)19-21(39)15(9-37)44-25(23(19)41)46-26-24(42)20(22(40)16(10-38)45-26)36-8-17(31-33-36)34-1-3-43-4-2-34/h5-8,15-16,19-26,37-42H,1-4,9-10H2/t15?,16-,19+,20?,21+,22?,23?,24-,25+,26?/m1/s1. The molecule has 6 N–H and O–H groups in total. The first-order valence-corrected chi connectivity index (χ1v) is 15.3. The molecular formula is C26H32F3N7O9S. The molecule has 46 heavy (non-hydrogen) atoms. The molecule has 20 heteroatoms. The number of anilines is 1. The lowest BCUT2D eigenvalue weighted by atomic mass is 9.97. The van der Waals surface area contributed by atoms with E-state index >= 15 is 0 Å². The monoisotopic (exact) mass is 675 g/mol. The first-order chi connectivity index (χ1) is 22.1. The van der Waals surface area contributed by atoms with Gasteiger partial charge in [-0.25, -0.2) is 22.5 Å². The molecule has 3 aliphatic heterocycles. The van der Waals surface area contributed by atoms with Crippen molar-refractivity contribution in [3.63, 3.8) is 0 Å². The molecule has 6 rings (SSSR count). The number of aromatic nitrogens is 6. The second-order valence-corrected chi connectivity index (χ2v) is 12.2. The number of ether oxygens (including phenoxy) is 3. The smallest absolute Gasteiger partial charge is 0.194 e. The van der Waals surface area contributed by atoms with Gasteiger partial charge in [0.2, 0.25) is 0 Å². The third kappa shape index (κ3) is 6.21. The number of hydrogen-bond acceptors (Lipinski definition) is 15. The Morgan fingerprint density at radius 1 is 0.761 bits per heavy atom. The van der Waals surface area contributed by atoms with Crippen molar-refractivity contribution < 1.29 is 58.0 Å². The van der Waals surface area contributed by atoms with Gasteiger partial charge < -0.3 is 49.7 Å². The SMILES string of the molecule is OCC1O[C@@H](SC2O[C@H](CO)C(O)C(n3cc(N4CCOCC4)nn3)[C@H]2O)C(O)[C@@H](n2cc(-c3cc(F)c(F)c(F)c3)nn2)[C@H]1O. The summed E-state index contributed by atoms with van der Waals surface area (Å²) in [7, 11) is 0. The third-order valence-corrected chi connectivity index (χ3v) is 9.52. The molecule has 5 heterocycles. The Hall–Kier alpha value is -2.92. The summed E-state index contributed by atoms with van der Waals surface area (Å²) >= 11 is 0.761. The number of thioether (sulfide) groups is 1. The van der Waals surface area contributed by atoms with E-state index in [1.54, 1.807) is 6.20 Å². The zero-order chi connectivity index (χ0) is 32.7. The third-order valence-electron chi connectivity index (χ3n) is 8.20. The van der Waals surface area contributed by atoms with E-state index < -0.39 is 90.2 Å². The fourth-order valence-corrected chi connectivity index (χ4v) is 7.05. The average molecular weight is 676 g/mol. The van der Waals surface area contributed by atoms with Gasteiger partial charge >= 0.3 is 0 Å². The minimum Gasteiger partial charge on any atom is -0.394 e. The van der Waals surface area contributed by atoms with Crippen LogP contribution >= 0.6 is 11.8 Å². The van der Waals surface area contributed by atoms with Gasteiger partial charge in [-0.2, -0.15) is 0 Å². The molecule has 0 aliphatic carbocycles. The Kier molecular flexibility index (Phi) is 9.80. The predicted molar refractivity (Wildman–Crippen MR) is 150 cm³/mol. The van der Waals surface area contributed by atoms with E-state index in [9.17, 15) is 43.8 Å². The molecule has 16 nitrogen and oxygen atoms in total. The highest BCUT2D eigenvalue weighted by Crippen LogP contribution is 2.42. The van der Waals surface area contributed by atoms with Gasteiger partial charge in [0.25, 0.3) is 0 Å². The lowest BCUT2D eigenvalue weighted by Gasteiger charge is -2.46. The normalized spacial score (nSPS) is 33.8. The van der Waals surface area contributed by atoms with Crippen molar-refractivity contribution in [2.45, 2.75) is 59.6 Å². The van der Waals surface area contributed by atoms with Crippen LogP contribution in [0.1, 0.15) is 12.1 Å². The molecule has 0 spiro atoms. The van der Waals surface area contributed by atoms with E-state index in [0.717, 1.165) is 16.4 Å². The zero-order valence-corrected chi connectivity index (χ0v) is 24.7. The number of nitrogens with zero attached hydrogens (tertiary/aromatic N) is 7. The van der Waals surface area contributed by atoms with Gasteiger partial charge in [0.05, 0.1) is 38.8 Å². The van der Waals surface area contributed by atoms with Crippen molar-refractivity contribution in [1.29, 1.82) is 0 Å². The highest BCUT2D eigenvalue weighted by Gasteiger charge is 2.51. The van der Waals surface area contributed by atoms with E-state index in [-0.39, 0.29) is 11.3 Å². The lowest BCUT2D eigenvalue weighted by Crippen LogP contribution is -2.58. The van der Waals surface area contributed by atoms with E-state index in [1.165, 1.54) is 10.9 Å². The number of aliphatic hydroxyl groups is 6. The minimum absolute atomic E-state index is 0.105. The Morgan fingerprint density at radius 2 is 1.28 bits per heavy atom. The maximum absolute atomic E-state index is 13.8. The summed E-state index contributed by atoms with van der Waals surface area (Å²) in [6.07, 6.45) is -5.81. The summed E-state index contributed by atoms with van der Waals surface area (Å²) in [5.74, 6) is -4.08. The number of benzene rings is 1. The molecule has 5 unspecified atom stereocenters. The van der Waals surface area contributed by atoms with Gasteiger partial charge in [-0.15, -0.1) is 10.2 Å². The van der Waals surface area contributed by atoms with E-state index in [4.69, 9.17) is 14.2 Å². The van der Waals surface area contributed by atoms with Gasteiger partial charge in [-0.1, -0.05) is 22.2 Å². The molecule has 0 bridgehead atoms. The van der Waals surface area contributed by atoms with Gasteiger partial charge in [0.1, 0.15) is 65.3 Å². The summed E-state index contributed by atoms with van der Waals surface area (Å²) in [5.41, 5.74) is -2.81. The molecule has 252 valence electrons. The quantitative estimate of drug-likeness (QED) is 0.145. The molecule has 1 aromatic carbocycles. The van der Waals surface area contributed by atoms with E-state index in [0.29, 0.717) is 44.3 Å². The highest BCUT2D eigenvalue weighted by atomic mass is 32.2. The van der Waals surface area contributed by atoms with Crippen LogP contribution in [0.15, 0.2) is 24.5 Å². The fraction of sp³-hybridized carbons (Fsp3) is 0.615. The van der Waals surface area contributed by atoms with Crippen LogP contribution in [-0.4, -0.2) is 148 Å². The van der Waals surface area contributed by atoms with Crippen molar-refractivity contribution in [1.82, 2.24) is 30.0 Å².